The molecule has 86 valence electrons. The zero-order valence-corrected chi connectivity index (χ0v) is 9.98. The lowest BCUT2D eigenvalue weighted by atomic mass is 10.1. The first-order valence-corrected chi connectivity index (χ1v) is 5.74. The summed E-state index contributed by atoms with van der Waals surface area (Å²) in [5.74, 6) is 0.415. The van der Waals surface area contributed by atoms with E-state index in [2.05, 4.69) is 24.8 Å². The molecule has 0 spiro atoms. The summed E-state index contributed by atoms with van der Waals surface area (Å²) in [5.41, 5.74) is 4.82. The van der Waals surface area contributed by atoms with Gasteiger partial charge >= 0.3 is 0 Å². The summed E-state index contributed by atoms with van der Waals surface area (Å²) in [6.45, 7) is 5.25. The Morgan fingerprint density at radius 1 is 1.06 bits per heavy atom. The maximum Gasteiger partial charge on any atom is 0.119 e. The number of hydrogen-bond donors (Lipinski definition) is 1. The van der Waals surface area contributed by atoms with Gasteiger partial charge in [0.15, 0.2) is 0 Å². The number of phenolic OH excluding ortho intramolecular Hbond substituents is 1. The van der Waals surface area contributed by atoms with E-state index in [1.165, 1.54) is 16.7 Å². The van der Waals surface area contributed by atoms with Gasteiger partial charge in [0.05, 0.1) is 0 Å². The third-order valence-corrected chi connectivity index (χ3v) is 2.83. The molecule has 0 bridgehead atoms. The number of hydrogen-bond acceptors (Lipinski definition) is 1. The maximum atomic E-state index is 9.70. The molecule has 2 aromatic carbocycles. The number of rotatable bonds is 0. The fraction of sp³-hybridized carbons (Fsp3) is 0.125. The fourth-order valence-corrected chi connectivity index (χ4v) is 2.14. The normalized spacial score (nSPS) is 10.9. The number of aromatic hydroxyl groups is 1. The van der Waals surface area contributed by atoms with E-state index in [0.29, 0.717) is 5.75 Å². The monoisotopic (exact) mass is 224 g/mol. The van der Waals surface area contributed by atoms with E-state index in [9.17, 15) is 5.11 Å². The van der Waals surface area contributed by atoms with Gasteiger partial charge in [-0.2, -0.15) is 0 Å². The van der Waals surface area contributed by atoms with Gasteiger partial charge < -0.3 is 5.11 Å². The summed E-state index contributed by atoms with van der Waals surface area (Å²) in [5, 5.41) is 9.70. The van der Waals surface area contributed by atoms with Gasteiger partial charge in [-0.1, -0.05) is 42.5 Å². The van der Waals surface area contributed by atoms with Gasteiger partial charge in [0.2, 0.25) is 0 Å². The smallest absolute Gasteiger partial charge is 0.119 e. The molecule has 0 saturated carbocycles. The second-order valence-corrected chi connectivity index (χ2v) is 4.05. The third kappa shape index (κ3) is 2.09. The van der Waals surface area contributed by atoms with Crippen LogP contribution in [0.3, 0.4) is 0 Å². The molecular formula is C16H16O. The highest BCUT2D eigenvalue weighted by Gasteiger charge is 2.19. The first kappa shape index (κ1) is 11.5. The van der Waals surface area contributed by atoms with E-state index in [1.54, 1.807) is 12.1 Å². The predicted molar refractivity (Wildman–Crippen MR) is 72.2 cm³/mol. The van der Waals surface area contributed by atoms with Gasteiger partial charge in [-0.05, 0) is 29.7 Å². The van der Waals surface area contributed by atoms with E-state index in [1.807, 2.05) is 25.1 Å². The first-order valence-electron chi connectivity index (χ1n) is 5.74. The van der Waals surface area contributed by atoms with E-state index < -0.39 is 0 Å². The lowest BCUT2D eigenvalue weighted by Crippen LogP contribution is -1.80. The Morgan fingerprint density at radius 3 is 2.47 bits per heavy atom. The average molecular weight is 224 g/mol. The van der Waals surface area contributed by atoms with Crippen molar-refractivity contribution in [1.29, 1.82) is 0 Å². The van der Waals surface area contributed by atoms with Gasteiger partial charge in [-0.15, -0.1) is 6.58 Å². The number of fused-ring (bicyclic) bond motifs is 3. The zero-order valence-electron chi connectivity index (χ0n) is 9.98. The Morgan fingerprint density at radius 2 is 1.71 bits per heavy atom. The van der Waals surface area contributed by atoms with Gasteiger partial charge in [-0.3, -0.25) is 0 Å². The van der Waals surface area contributed by atoms with E-state index >= 15 is 0 Å². The van der Waals surface area contributed by atoms with Crippen LogP contribution in [0, 0.1) is 0 Å². The lowest BCUT2D eigenvalue weighted by molar-refractivity contribution is 0.470. The predicted octanol–water partition coefficient (Wildman–Crippen LogP) is 4.16. The average Bonchev–Trinajstić information content (AvgIpc) is 2.71. The molecule has 0 radical (unpaired) electrons. The Balaban J connectivity index is 0.000000329. The van der Waals surface area contributed by atoms with Crippen LogP contribution in [0.25, 0.3) is 11.1 Å². The second-order valence-electron chi connectivity index (χ2n) is 4.05. The van der Waals surface area contributed by atoms with Gasteiger partial charge in [0.25, 0.3) is 0 Å². The molecule has 1 aliphatic rings. The summed E-state index contributed by atoms with van der Waals surface area (Å²) in [7, 11) is 0. The van der Waals surface area contributed by atoms with Crippen molar-refractivity contribution in [3.8, 4) is 16.9 Å². The molecule has 1 nitrogen and oxygen atoms in total. The van der Waals surface area contributed by atoms with E-state index in [-0.39, 0.29) is 0 Å². The van der Waals surface area contributed by atoms with Crippen LogP contribution in [-0.4, -0.2) is 5.11 Å². The Kier molecular flexibility index (Phi) is 3.29. The molecule has 1 aliphatic carbocycles. The highest BCUT2D eigenvalue weighted by molar-refractivity contribution is 5.78. The molecule has 0 amide bonds. The Hall–Kier alpha value is -2.02. The first-order chi connectivity index (χ1) is 8.27. The van der Waals surface area contributed by atoms with Crippen LogP contribution in [0.5, 0.6) is 5.75 Å². The van der Waals surface area contributed by atoms with Crippen molar-refractivity contribution in [1.82, 2.24) is 0 Å². The molecule has 0 fully saturated rings. The van der Waals surface area contributed by atoms with Crippen LogP contribution >= 0.6 is 0 Å². The standard InChI is InChI=1S/C13H10O.C3H6/c14-13-7-3-6-11-10-5-2-1-4-9(10)8-12(11)13;1-3-2/h1-7,14H,8H2;3H,1H2,2H3. The molecule has 1 heteroatoms. The lowest BCUT2D eigenvalue weighted by Gasteiger charge is -2.01. The van der Waals surface area contributed by atoms with Crippen molar-refractivity contribution >= 4 is 0 Å². The number of phenols is 1. The molecule has 0 unspecified atom stereocenters. The number of benzene rings is 2. The molecular weight excluding hydrogens is 208 g/mol. The second kappa shape index (κ2) is 4.88. The van der Waals surface area contributed by atoms with E-state index in [0.717, 1.165) is 12.0 Å². The van der Waals surface area contributed by atoms with Crippen LogP contribution in [0.1, 0.15) is 18.1 Å². The van der Waals surface area contributed by atoms with Crippen molar-refractivity contribution in [3.05, 3.63) is 66.2 Å². The Bertz CT molecular complexity index is 541. The highest BCUT2D eigenvalue weighted by Crippen LogP contribution is 2.40. The van der Waals surface area contributed by atoms with Crippen LogP contribution in [-0.2, 0) is 6.42 Å². The summed E-state index contributed by atoms with van der Waals surface area (Å²) < 4.78 is 0. The summed E-state index contributed by atoms with van der Waals surface area (Å²) in [4.78, 5) is 0. The van der Waals surface area contributed by atoms with Crippen molar-refractivity contribution in [3.63, 3.8) is 0 Å². The third-order valence-electron chi connectivity index (χ3n) is 2.83. The SMILES string of the molecule is C=CC.Oc1cccc2c1Cc1ccccc1-2. The quantitative estimate of drug-likeness (QED) is 0.568. The van der Waals surface area contributed by atoms with Crippen molar-refractivity contribution in [2.45, 2.75) is 13.3 Å². The highest BCUT2D eigenvalue weighted by atomic mass is 16.3. The van der Waals surface area contributed by atoms with Crippen molar-refractivity contribution in [2.75, 3.05) is 0 Å². The minimum absolute atomic E-state index is 0.415. The fourth-order valence-electron chi connectivity index (χ4n) is 2.14. The minimum atomic E-state index is 0.415. The molecule has 0 atom stereocenters. The van der Waals surface area contributed by atoms with Gasteiger partial charge in [0, 0.05) is 12.0 Å². The van der Waals surface area contributed by atoms with Crippen LogP contribution in [0.4, 0.5) is 0 Å². The molecule has 2 aromatic rings. The van der Waals surface area contributed by atoms with Crippen molar-refractivity contribution in [2.24, 2.45) is 0 Å². The molecule has 1 N–H and O–H groups in total. The Labute approximate surface area is 102 Å². The number of allylic oxidation sites excluding steroid dienone is 1. The molecule has 0 aromatic heterocycles. The largest absolute Gasteiger partial charge is 0.508 e. The maximum absolute atomic E-state index is 9.70. The summed E-state index contributed by atoms with van der Waals surface area (Å²) >= 11 is 0. The van der Waals surface area contributed by atoms with E-state index in [4.69, 9.17) is 0 Å². The van der Waals surface area contributed by atoms with Crippen LogP contribution in [0.15, 0.2) is 55.1 Å². The van der Waals surface area contributed by atoms with Crippen LogP contribution in [0.2, 0.25) is 0 Å². The zero-order chi connectivity index (χ0) is 12.3. The molecule has 0 heterocycles. The van der Waals surface area contributed by atoms with Gasteiger partial charge in [0.1, 0.15) is 5.75 Å². The molecule has 17 heavy (non-hydrogen) atoms. The summed E-state index contributed by atoms with van der Waals surface area (Å²) in [6, 6.07) is 14.0. The van der Waals surface area contributed by atoms with Crippen molar-refractivity contribution < 1.29 is 5.11 Å². The summed E-state index contributed by atoms with van der Waals surface area (Å²) in [6.07, 6.45) is 2.61. The van der Waals surface area contributed by atoms with Crippen LogP contribution < -0.4 is 0 Å². The minimum Gasteiger partial charge on any atom is -0.508 e. The van der Waals surface area contributed by atoms with Gasteiger partial charge in [-0.25, -0.2) is 0 Å². The molecule has 0 aliphatic heterocycles. The molecule has 3 rings (SSSR count). The topological polar surface area (TPSA) is 20.2 Å². The molecule has 0 saturated heterocycles.